The number of fused-ring (bicyclic) bond motifs is 1. The van der Waals surface area contributed by atoms with Crippen LogP contribution in [0.2, 0.25) is 0 Å². The highest BCUT2D eigenvalue weighted by Gasteiger charge is 2.21. The lowest BCUT2D eigenvalue weighted by Crippen LogP contribution is -2.14. The Morgan fingerprint density at radius 1 is 1.50 bits per heavy atom. The molecule has 0 fully saturated rings. The molecule has 4 nitrogen and oxygen atoms in total. The van der Waals surface area contributed by atoms with E-state index in [1.54, 1.807) is 6.92 Å². The van der Waals surface area contributed by atoms with Crippen LogP contribution < -0.4 is 0 Å². The Bertz CT molecular complexity index is 384. The normalized spacial score (nSPS) is 20.2. The molecule has 1 aliphatic rings. The number of nitrogens with one attached hydrogen (secondary N) is 1. The molecule has 4 heteroatoms. The van der Waals surface area contributed by atoms with E-state index in [9.17, 15) is 4.79 Å². The van der Waals surface area contributed by atoms with Crippen LogP contribution in [-0.2, 0) is 22.7 Å². The number of aromatic nitrogens is 1. The molecule has 0 radical (unpaired) electrons. The first-order valence-corrected chi connectivity index (χ1v) is 5.65. The Labute approximate surface area is 94.9 Å². The molecule has 0 aromatic carbocycles. The van der Waals surface area contributed by atoms with Crippen molar-refractivity contribution in [3.8, 4) is 0 Å². The van der Waals surface area contributed by atoms with Crippen molar-refractivity contribution in [1.82, 2.24) is 4.98 Å². The van der Waals surface area contributed by atoms with Gasteiger partial charge in [0.05, 0.1) is 18.9 Å². The van der Waals surface area contributed by atoms with Crippen molar-refractivity contribution >= 4 is 5.78 Å². The summed E-state index contributed by atoms with van der Waals surface area (Å²) in [5, 5.41) is 0. The van der Waals surface area contributed by atoms with Crippen molar-refractivity contribution in [3.05, 3.63) is 23.0 Å². The summed E-state index contributed by atoms with van der Waals surface area (Å²) < 4.78 is 11.2. The third kappa shape index (κ3) is 2.18. The Hall–Kier alpha value is -1.13. The average molecular weight is 223 g/mol. The van der Waals surface area contributed by atoms with E-state index in [2.05, 4.69) is 11.9 Å². The van der Waals surface area contributed by atoms with E-state index in [4.69, 9.17) is 9.47 Å². The molecule has 1 N–H and O–H groups in total. The Balaban J connectivity index is 2.15. The van der Waals surface area contributed by atoms with Gasteiger partial charge >= 0.3 is 0 Å². The molecule has 16 heavy (non-hydrogen) atoms. The molecule has 1 aromatic rings. The summed E-state index contributed by atoms with van der Waals surface area (Å²) in [7, 11) is 0. The minimum Gasteiger partial charge on any atom is -0.358 e. The molecule has 1 aromatic heterocycles. The molecule has 0 aliphatic carbocycles. The zero-order valence-corrected chi connectivity index (χ0v) is 9.71. The number of carbonyl (C=O) groups excluding carboxylic acids is 1. The fourth-order valence-electron chi connectivity index (χ4n) is 1.91. The van der Waals surface area contributed by atoms with E-state index in [-0.39, 0.29) is 12.1 Å². The molecule has 1 aliphatic heterocycles. The van der Waals surface area contributed by atoms with Crippen LogP contribution in [0.1, 0.15) is 48.3 Å². The van der Waals surface area contributed by atoms with Crippen molar-refractivity contribution in [1.29, 1.82) is 0 Å². The summed E-state index contributed by atoms with van der Waals surface area (Å²) in [4.78, 5) is 14.4. The molecule has 88 valence electrons. The number of ether oxygens (including phenoxy) is 2. The Kier molecular flexibility index (Phi) is 3.41. The number of hydrogen-bond donors (Lipinski definition) is 1. The fourth-order valence-corrected chi connectivity index (χ4v) is 1.91. The summed E-state index contributed by atoms with van der Waals surface area (Å²) >= 11 is 0. The van der Waals surface area contributed by atoms with Gasteiger partial charge in [-0.15, -0.1) is 0 Å². The quantitative estimate of drug-likeness (QED) is 0.800. The van der Waals surface area contributed by atoms with Gasteiger partial charge in [-0.2, -0.15) is 0 Å². The van der Waals surface area contributed by atoms with Gasteiger partial charge in [-0.1, -0.05) is 13.3 Å². The van der Waals surface area contributed by atoms with E-state index < -0.39 is 0 Å². The highest BCUT2D eigenvalue weighted by molar-refractivity contribution is 5.94. The van der Waals surface area contributed by atoms with Gasteiger partial charge in [0.1, 0.15) is 0 Å². The molecule has 0 spiro atoms. The van der Waals surface area contributed by atoms with Gasteiger partial charge < -0.3 is 14.5 Å². The second kappa shape index (κ2) is 4.80. The second-order valence-electron chi connectivity index (χ2n) is 4.06. The molecule has 0 bridgehead atoms. The van der Waals surface area contributed by atoms with E-state index in [1.807, 2.05) is 6.20 Å². The van der Waals surface area contributed by atoms with Crippen LogP contribution >= 0.6 is 0 Å². The standard InChI is InChI=1S/C12H17NO3/c1-3-4-11-15-6-9-5-13-12(8(2)14)10(9)7-16-11/h5,11,13H,3-4,6-7H2,1-2H3. The fraction of sp³-hybridized carbons (Fsp3) is 0.583. The first-order chi connectivity index (χ1) is 7.72. The minimum atomic E-state index is -0.141. The SMILES string of the molecule is CCCC1OCc2c[nH]c(C(C)=O)c2CO1. The molecule has 0 saturated carbocycles. The van der Waals surface area contributed by atoms with Crippen molar-refractivity contribution < 1.29 is 14.3 Å². The second-order valence-corrected chi connectivity index (χ2v) is 4.06. The topological polar surface area (TPSA) is 51.3 Å². The maximum atomic E-state index is 11.4. The third-order valence-corrected chi connectivity index (χ3v) is 2.79. The first-order valence-electron chi connectivity index (χ1n) is 5.65. The van der Waals surface area contributed by atoms with Gasteiger partial charge in [0, 0.05) is 24.2 Å². The highest BCUT2D eigenvalue weighted by atomic mass is 16.7. The minimum absolute atomic E-state index is 0.0405. The molecular weight excluding hydrogens is 206 g/mol. The molecule has 0 amide bonds. The number of Topliss-reactive ketones (excluding diaryl/α,β-unsaturated/α-hetero) is 1. The van der Waals surface area contributed by atoms with Crippen LogP contribution in [0.3, 0.4) is 0 Å². The molecule has 1 atom stereocenters. The predicted octanol–water partition coefficient (Wildman–Crippen LogP) is 2.39. The summed E-state index contributed by atoms with van der Waals surface area (Å²) in [6.07, 6.45) is 3.62. The van der Waals surface area contributed by atoms with Gasteiger partial charge in [-0.3, -0.25) is 4.79 Å². The lowest BCUT2D eigenvalue weighted by atomic mass is 10.1. The maximum Gasteiger partial charge on any atom is 0.176 e. The van der Waals surface area contributed by atoms with Crippen LogP contribution in [0.25, 0.3) is 0 Å². The summed E-state index contributed by atoms with van der Waals surface area (Å²) in [5.41, 5.74) is 2.63. The average Bonchev–Trinajstić information content (AvgIpc) is 2.56. The molecule has 0 saturated heterocycles. The van der Waals surface area contributed by atoms with Crippen LogP contribution in [-0.4, -0.2) is 17.1 Å². The number of ketones is 1. The number of carbonyl (C=O) groups is 1. The van der Waals surface area contributed by atoms with E-state index in [1.165, 1.54) is 0 Å². The number of hydrogen-bond acceptors (Lipinski definition) is 3. The highest BCUT2D eigenvalue weighted by Crippen LogP contribution is 2.23. The van der Waals surface area contributed by atoms with Gasteiger partial charge in [0.15, 0.2) is 12.1 Å². The van der Waals surface area contributed by atoms with Gasteiger partial charge in [-0.05, 0) is 6.42 Å². The molecule has 2 heterocycles. The zero-order chi connectivity index (χ0) is 11.5. The number of aromatic amines is 1. The first kappa shape index (κ1) is 11.4. The molecule has 1 unspecified atom stereocenters. The third-order valence-electron chi connectivity index (χ3n) is 2.79. The van der Waals surface area contributed by atoms with Crippen molar-refractivity contribution in [2.24, 2.45) is 0 Å². The van der Waals surface area contributed by atoms with Crippen LogP contribution in [0.5, 0.6) is 0 Å². The Morgan fingerprint density at radius 2 is 2.25 bits per heavy atom. The summed E-state index contributed by atoms with van der Waals surface area (Å²) in [5.74, 6) is 0.0405. The Morgan fingerprint density at radius 3 is 2.94 bits per heavy atom. The zero-order valence-electron chi connectivity index (χ0n) is 9.71. The van der Waals surface area contributed by atoms with Crippen LogP contribution in [0, 0.1) is 0 Å². The van der Waals surface area contributed by atoms with Gasteiger partial charge in [0.2, 0.25) is 0 Å². The summed E-state index contributed by atoms with van der Waals surface area (Å²) in [6.45, 7) is 4.63. The largest absolute Gasteiger partial charge is 0.358 e. The van der Waals surface area contributed by atoms with E-state index >= 15 is 0 Å². The van der Waals surface area contributed by atoms with Gasteiger partial charge in [0.25, 0.3) is 0 Å². The molecule has 2 rings (SSSR count). The monoisotopic (exact) mass is 223 g/mol. The lowest BCUT2D eigenvalue weighted by Gasteiger charge is -2.13. The van der Waals surface area contributed by atoms with Crippen LogP contribution in [0.4, 0.5) is 0 Å². The van der Waals surface area contributed by atoms with Crippen LogP contribution in [0.15, 0.2) is 6.20 Å². The van der Waals surface area contributed by atoms with Crippen molar-refractivity contribution in [2.45, 2.75) is 46.2 Å². The van der Waals surface area contributed by atoms with E-state index in [0.717, 1.165) is 24.0 Å². The summed E-state index contributed by atoms with van der Waals surface area (Å²) in [6, 6.07) is 0. The van der Waals surface area contributed by atoms with Gasteiger partial charge in [-0.25, -0.2) is 0 Å². The number of rotatable bonds is 3. The number of H-pyrrole nitrogens is 1. The predicted molar refractivity (Wildman–Crippen MR) is 59.1 cm³/mol. The lowest BCUT2D eigenvalue weighted by molar-refractivity contribution is -0.152. The van der Waals surface area contributed by atoms with Crippen molar-refractivity contribution in [3.63, 3.8) is 0 Å². The molecular formula is C12H17NO3. The maximum absolute atomic E-state index is 11.4. The van der Waals surface area contributed by atoms with Crippen molar-refractivity contribution in [2.75, 3.05) is 0 Å². The van der Waals surface area contributed by atoms with E-state index in [0.29, 0.717) is 18.9 Å². The smallest absolute Gasteiger partial charge is 0.176 e.